The normalized spacial score (nSPS) is 32.7. The van der Waals surface area contributed by atoms with Crippen LogP contribution in [0, 0.1) is 11.8 Å². The van der Waals surface area contributed by atoms with Gasteiger partial charge in [-0.25, -0.2) is 4.79 Å². The van der Waals surface area contributed by atoms with Crippen molar-refractivity contribution in [3.8, 4) is 0 Å². The highest BCUT2D eigenvalue weighted by Crippen LogP contribution is 2.37. The van der Waals surface area contributed by atoms with Crippen LogP contribution in [-0.2, 0) is 14.0 Å². The number of rotatable bonds is 4. The summed E-state index contributed by atoms with van der Waals surface area (Å²) in [4.78, 5) is 11.6. The van der Waals surface area contributed by atoms with Crippen LogP contribution in [0.4, 0.5) is 0 Å². The van der Waals surface area contributed by atoms with Gasteiger partial charge in [-0.05, 0) is 18.1 Å². The predicted octanol–water partition coefficient (Wildman–Crippen LogP) is 1.93. The highest BCUT2D eigenvalue weighted by Gasteiger charge is 2.45. The molecule has 1 saturated heterocycles. The summed E-state index contributed by atoms with van der Waals surface area (Å²) in [6, 6.07) is 0. The summed E-state index contributed by atoms with van der Waals surface area (Å²) in [6.07, 6.45) is -2.95. The molecule has 0 saturated carbocycles. The van der Waals surface area contributed by atoms with E-state index >= 15 is 0 Å². The number of carbonyl (C=O) groups excluding carboxylic acids is 1. The molecule has 1 aliphatic rings. The van der Waals surface area contributed by atoms with Crippen LogP contribution in [0.5, 0.6) is 0 Å². The molecule has 0 aromatic rings. The number of hydrogen-bond acceptors (Lipinski definition) is 5. The predicted molar refractivity (Wildman–Crippen MR) is 83.4 cm³/mol. The van der Waals surface area contributed by atoms with E-state index in [4.69, 9.17) is 9.16 Å². The quantitative estimate of drug-likeness (QED) is 0.612. The minimum Gasteiger partial charge on any atom is -0.460 e. The molecule has 1 fully saturated rings. The summed E-state index contributed by atoms with van der Waals surface area (Å²) < 4.78 is 11.4. The fourth-order valence-electron chi connectivity index (χ4n) is 2.22. The Kier molecular flexibility index (Phi) is 5.64. The Bertz CT molecular complexity index is 377. The average Bonchev–Trinajstić information content (AvgIpc) is 2.36. The number of ether oxygens (including phenoxy) is 1. The Morgan fingerprint density at radius 3 is 2.33 bits per heavy atom. The van der Waals surface area contributed by atoms with E-state index in [1.807, 2.05) is 6.92 Å². The number of aliphatic hydroxyl groups is 2. The lowest BCUT2D eigenvalue weighted by atomic mass is 9.85. The zero-order chi connectivity index (χ0) is 16.6. The molecule has 2 N–H and O–H groups in total. The van der Waals surface area contributed by atoms with Crippen molar-refractivity contribution in [2.24, 2.45) is 11.8 Å². The van der Waals surface area contributed by atoms with Crippen molar-refractivity contribution in [3.63, 3.8) is 0 Å². The third kappa shape index (κ3) is 4.06. The fraction of sp³-hybridized carbons (Fsp3) is 0.933. The van der Waals surface area contributed by atoms with E-state index in [2.05, 4.69) is 33.9 Å². The summed E-state index contributed by atoms with van der Waals surface area (Å²) in [5.41, 5.74) is 0. The summed E-state index contributed by atoms with van der Waals surface area (Å²) in [5, 5.41) is 19.6. The molecule has 0 aliphatic carbocycles. The maximum atomic E-state index is 11.6. The van der Waals surface area contributed by atoms with Gasteiger partial charge in [0.05, 0.1) is 6.10 Å². The Morgan fingerprint density at radius 1 is 1.33 bits per heavy atom. The van der Waals surface area contributed by atoms with Crippen molar-refractivity contribution in [3.05, 3.63) is 0 Å². The summed E-state index contributed by atoms with van der Waals surface area (Å²) in [5.74, 6) is -1.08. The van der Waals surface area contributed by atoms with Gasteiger partial charge in [-0.15, -0.1) is 0 Å². The Hall–Kier alpha value is -0.433. The van der Waals surface area contributed by atoms with Gasteiger partial charge in [0.25, 0.3) is 0 Å². The molecule has 0 bridgehead atoms. The molecule has 1 rings (SSSR count). The van der Waals surface area contributed by atoms with Gasteiger partial charge in [0.2, 0.25) is 0 Å². The number of hydrogen-bond donors (Lipinski definition) is 2. The molecule has 0 aromatic heterocycles. The average molecular weight is 318 g/mol. The standard InChI is InChI=1S/C15H30O5Si/c1-9(8-19-21(6,7)15(3,4)5)13-10(2)11(16)12(17)14(18)20-13/h9-13,16-17H,8H2,1-7H3/t9-,10-,11-,12-,13-/m0/s1. The third-order valence-electron chi connectivity index (χ3n) is 4.95. The van der Waals surface area contributed by atoms with Gasteiger partial charge in [-0.3, -0.25) is 0 Å². The molecule has 0 amide bonds. The first-order valence-electron chi connectivity index (χ1n) is 7.59. The lowest BCUT2D eigenvalue weighted by Crippen LogP contribution is -2.54. The smallest absolute Gasteiger partial charge is 0.338 e. The van der Waals surface area contributed by atoms with E-state index in [0.29, 0.717) is 6.61 Å². The highest BCUT2D eigenvalue weighted by molar-refractivity contribution is 6.74. The monoisotopic (exact) mass is 318 g/mol. The number of cyclic esters (lactones) is 1. The Balaban J connectivity index is 2.68. The van der Waals surface area contributed by atoms with E-state index in [1.165, 1.54) is 0 Å². The van der Waals surface area contributed by atoms with Crippen molar-refractivity contribution in [2.75, 3.05) is 6.61 Å². The summed E-state index contributed by atoms with van der Waals surface area (Å²) in [7, 11) is -1.85. The second-order valence-electron chi connectivity index (χ2n) is 7.74. The molecule has 0 unspecified atom stereocenters. The lowest BCUT2D eigenvalue weighted by molar-refractivity contribution is -0.195. The minimum absolute atomic E-state index is 0.0276. The van der Waals surface area contributed by atoms with Gasteiger partial charge >= 0.3 is 5.97 Å². The van der Waals surface area contributed by atoms with Gasteiger partial charge < -0.3 is 19.4 Å². The molecule has 1 aliphatic heterocycles. The van der Waals surface area contributed by atoms with Crippen LogP contribution < -0.4 is 0 Å². The molecular formula is C15H30O5Si. The van der Waals surface area contributed by atoms with E-state index in [1.54, 1.807) is 6.92 Å². The van der Waals surface area contributed by atoms with Crippen LogP contribution in [0.1, 0.15) is 34.6 Å². The van der Waals surface area contributed by atoms with E-state index in [0.717, 1.165) is 0 Å². The first-order valence-corrected chi connectivity index (χ1v) is 10.5. The topological polar surface area (TPSA) is 76.0 Å². The molecule has 5 atom stereocenters. The summed E-state index contributed by atoms with van der Waals surface area (Å²) in [6.45, 7) is 15.1. The van der Waals surface area contributed by atoms with Gasteiger partial charge in [0, 0.05) is 18.4 Å². The Labute approximate surface area is 128 Å². The number of carbonyl (C=O) groups is 1. The number of aliphatic hydroxyl groups excluding tert-OH is 2. The van der Waals surface area contributed by atoms with Crippen LogP contribution in [0.2, 0.25) is 18.1 Å². The minimum atomic E-state index is -1.85. The zero-order valence-electron chi connectivity index (χ0n) is 14.2. The zero-order valence-corrected chi connectivity index (χ0v) is 15.2. The lowest BCUT2D eigenvalue weighted by Gasteiger charge is -2.41. The number of esters is 1. The molecule has 0 radical (unpaired) electrons. The van der Waals surface area contributed by atoms with Crippen molar-refractivity contribution in [1.29, 1.82) is 0 Å². The van der Waals surface area contributed by atoms with Gasteiger partial charge in [-0.1, -0.05) is 34.6 Å². The summed E-state index contributed by atoms with van der Waals surface area (Å²) >= 11 is 0. The molecule has 0 aromatic carbocycles. The van der Waals surface area contributed by atoms with Crippen molar-refractivity contribution in [2.45, 2.75) is 71.1 Å². The molecule has 1 heterocycles. The van der Waals surface area contributed by atoms with Crippen LogP contribution in [0.3, 0.4) is 0 Å². The van der Waals surface area contributed by atoms with Crippen molar-refractivity contribution < 1.29 is 24.2 Å². The Morgan fingerprint density at radius 2 is 1.86 bits per heavy atom. The van der Waals surface area contributed by atoms with E-state index in [-0.39, 0.29) is 16.9 Å². The molecule has 5 nitrogen and oxygen atoms in total. The van der Waals surface area contributed by atoms with Gasteiger partial charge in [-0.2, -0.15) is 0 Å². The molecular weight excluding hydrogens is 288 g/mol. The largest absolute Gasteiger partial charge is 0.460 e. The SMILES string of the molecule is C[C@H]1[C@H](O)[C@H](O)C(=O)O[C@H]1[C@@H](C)CO[Si](C)(C)C(C)(C)C. The van der Waals surface area contributed by atoms with Gasteiger partial charge in [0.1, 0.15) is 6.10 Å². The van der Waals surface area contributed by atoms with Crippen molar-refractivity contribution >= 4 is 14.3 Å². The second-order valence-corrected chi connectivity index (χ2v) is 12.6. The second kappa shape index (κ2) is 6.36. The first kappa shape index (κ1) is 18.6. The van der Waals surface area contributed by atoms with Crippen molar-refractivity contribution in [1.82, 2.24) is 0 Å². The van der Waals surface area contributed by atoms with E-state index in [9.17, 15) is 15.0 Å². The van der Waals surface area contributed by atoms with Crippen LogP contribution >= 0.6 is 0 Å². The highest BCUT2D eigenvalue weighted by atomic mass is 28.4. The van der Waals surface area contributed by atoms with E-state index < -0.39 is 32.6 Å². The maximum Gasteiger partial charge on any atom is 0.338 e. The van der Waals surface area contributed by atoms with Gasteiger partial charge in [0.15, 0.2) is 14.4 Å². The van der Waals surface area contributed by atoms with Crippen LogP contribution in [-0.4, -0.2) is 49.4 Å². The molecule has 124 valence electrons. The fourth-order valence-corrected chi connectivity index (χ4v) is 3.33. The molecule has 21 heavy (non-hydrogen) atoms. The first-order chi connectivity index (χ1) is 9.38. The third-order valence-corrected chi connectivity index (χ3v) is 9.45. The maximum absolute atomic E-state index is 11.6. The van der Waals surface area contributed by atoms with Crippen LogP contribution in [0.15, 0.2) is 0 Å². The molecule has 6 heteroatoms. The van der Waals surface area contributed by atoms with Crippen LogP contribution in [0.25, 0.3) is 0 Å². The molecule has 0 spiro atoms.